The molecule has 6 heteroatoms. The van der Waals surface area contributed by atoms with Crippen LogP contribution in [0, 0.1) is 0 Å². The van der Waals surface area contributed by atoms with E-state index < -0.39 is 4.87 Å². The topological polar surface area (TPSA) is 53.8 Å². The molecule has 0 aliphatic carbocycles. The highest BCUT2D eigenvalue weighted by atomic mass is 32.2. The van der Waals surface area contributed by atoms with Gasteiger partial charge in [-0.2, -0.15) is 0 Å². The van der Waals surface area contributed by atoms with Crippen molar-refractivity contribution in [2.45, 2.75) is 11.4 Å². The van der Waals surface area contributed by atoms with Crippen LogP contribution in [-0.2, 0) is 16.2 Å². The molecule has 1 aromatic heterocycles. The molecule has 5 nitrogen and oxygen atoms in total. The standard InChI is InChI=1S/C22H18N2O3S/c25-20(19-11-6-13-27-19)24-12-14-28-22(24)17-9-4-5-10-18(17)23(21(22)26)15-16-7-2-1-3-8-16/h1-11,13H,12,14-15H2/t22-/m0/s1. The molecule has 140 valence electrons. The minimum atomic E-state index is -1.03. The highest BCUT2D eigenvalue weighted by Crippen LogP contribution is 2.54. The Kier molecular flexibility index (Phi) is 4.02. The lowest BCUT2D eigenvalue weighted by atomic mass is 10.1. The van der Waals surface area contributed by atoms with Crippen LogP contribution in [0.2, 0.25) is 0 Å². The van der Waals surface area contributed by atoms with Crippen LogP contribution in [0.3, 0.4) is 0 Å². The van der Waals surface area contributed by atoms with Gasteiger partial charge in [-0.25, -0.2) is 0 Å². The Hall–Kier alpha value is -2.99. The highest BCUT2D eigenvalue weighted by Gasteiger charge is 2.59. The van der Waals surface area contributed by atoms with Gasteiger partial charge in [0.1, 0.15) is 0 Å². The Balaban J connectivity index is 1.59. The smallest absolute Gasteiger partial charge is 0.291 e. The summed E-state index contributed by atoms with van der Waals surface area (Å²) in [6.45, 7) is 0.977. The Morgan fingerprint density at radius 1 is 1.04 bits per heavy atom. The van der Waals surface area contributed by atoms with Crippen molar-refractivity contribution in [1.82, 2.24) is 4.90 Å². The number of hydrogen-bond donors (Lipinski definition) is 0. The van der Waals surface area contributed by atoms with E-state index in [1.165, 1.54) is 18.0 Å². The lowest BCUT2D eigenvalue weighted by molar-refractivity contribution is -0.123. The molecule has 3 heterocycles. The molecule has 3 aromatic rings. The van der Waals surface area contributed by atoms with Crippen LogP contribution in [0.4, 0.5) is 5.69 Å². The van der Waals surface area contributed by atoms with E-state index in [9.17, 15) is 9.59 Å². The quantitative estimate of drug-likeness (QED) is 0.681. The average molecular weight is 390 g/mol. The van der Waals surface area contributed by atoms with Crippen molar-refractivity contribution in [1.29, 1.82) is 0 Å². The largest absolute Gasteiger partial charge is 0.459 e. The fourth-order valence-electron chi connectivity index (χ4n) is 4.02. The summed E-state index contributed by atoms with van der Waals surface area (Å²) in [5, 5.41) is 0. The second-order valence-electron chi connectivity index (χ2n) is 6.82. The van der Waals surface area contributed by atoms with Gasteiger partial charge in [0.05, 0.1) is 18.5 Å². The highest BCUT2D eigenvalue weighted by molar-refractivity contribution is 8.01. The van der Waals surface area contributed by atoms with Crippen molar-refractivity contribution in [2.75, 3.05) is 17.2 Å². The van der Waals surface area contributed by atoms with Gasteiger partial charge >= 0.3 is 0 Å². The summed E-state index contributed by atoms with van der Waals surface area (Å²) in [7, 11) is 0. The SMILES string of the molecule is O=C(c1ccco1)N1CCS[C@@]12C(=O)N(Cc1ccccc1)c1ccccc12. The molecule has 0 unspecified atom stereocenters. The van der Waals surface area contributed by atoms with E-state index in [0.717, 1.165) is 16.8 Å². The van der Waals surface area contributed by atoms with E-state index in [2.05, 4.69) is 0 Å². The summed E-state index contributed by atoms with van der Waals surface area (Å²) < 4.78 is 5.33. The molecule has 0 bridgehead atoms. The Morgan fingerprint density at radius 2 is 1.82 bits per heavy atom. The minimum Gasteiger partial charge on any atom is -0.459 e. The van der Waals surface area contributed by atoms with E-state index in [-0.39, 0.29) is 17.6 Å². The number of anilines is 1. The van der Waals surface area contributed by atoms with E-state index in [1.54, 1.807) is 21.9 Å². The maximum Gasteiger partial charge on any atom is 0.291 e. The predicted octanol–water partition coefficient (Wildman–Crippen LogP) is 3.87. The summed E-state index contributed by atoms with van der Waals surface area (Å²) in [5.74, 6) is 0.638. The van der Waals surface area contributed by atoms with Crippen molar-refractivity contribution in [3.63, 3.8) is 0 Å². The number of carbonyl (C=O) groups is 2. The first-order valence-corrected chi connectivity index (χ1v) is 10.2. The van der Waals surface area contributed by atoms with Crippen LogP contribution in [0.1, 0.15) is 21.7 Å². The van der Waals surface area contributed by atoms with Crippen LogP contribution in [-0.4, -0.2) is 29.0 Å². The second kappa shape index (κ2) is 6.56. The van der Waals surface area contributed by atoms with Crippen molar-refractivity contribution < 1.29 is 14.0 Å². The maximum absolute atomic E-state index is 13.8. The number of fused-ring (bicyclic) bond motifs is 2. The number of thioether (sulfide) groups is 1. The first-order valence-electron chi connectivity index (χ1n) is 9.16. The number of nitrogens with zero attached hydrogens (tertiary/aromatic N) is 2. The number of furan rings is 1. The normalized spacial score (nSPS) is 20.8. The van der Waals surface area contributed by atoms with Crippen molar-refractivity contribution in [2.24, 2.45) is 0 Å². The van der Waals surface area contributed by atoms with Gasteiger partial charge in [-0.15, -0.1) is 11.8 Å². The Labute approximate surface area is 166 Å². The molecule has 1 spiro atoms. The fourth-order valence-corrected chi connectivity index (χ4v) is 5.49. The maximum atomic E-state index is 13.8. The number of carbonyl (C=O) groups excluding carboxylic acids is 2. The van der Waals surface area contributed by atoms with Crippen LogP contribution < -0.4 is 4.90 Å². The van der Waals surface area contributed by atoms with Crippen molar-refractivity contribution in [3.8, 4) is 0 Å². The van der Waals surface area contributed by atoms with Gasteiger partial charge in [0.15, 0.2) is 10.6 Å². The molecule has 0 N–H and O–H groups in total. The summed E-state index contributed by atoms with van der Waals surface area (Å²) in [5.41, 5.74) is 2.79. The van der Waals surface area contributed by atoms with Crippen molar-refractivity contribution in [3.05, 3.63) is 89.9 Å². The van der Waals surface area contributed by atoms with Crippen LogP contribution >= 0.6 is 11.8 Å². The van der Waals surface area contributed by atoms with Crippen LogP contribution in [0.15, 0.2) is 77.4 Å². The predicted molar refractivity (Wildman–Crippen MR) is 108 cm³/mol. The summed E-state index contributed by atoms with van der Waals surface area (Å²) in [6.07, 6.45) is 1.48. The zero-order valence-corrected chi connectivity index (χ0v) is 15.9. The second-order valence-corrected chi connectivity index (χ2v) is 8.11. The minimum absolute atomic E-state index is 0.0695. The zero-order chi connectivity index (χ0) is 19.1. The summed E-state index contributed by atoms with van der Waals surface area (Å²) >= 11 is 1.52. The molecular weight excluding hydrogens is 372 g/mol. The van der Waals surface area contributed by atoms with E-state index in [1.807, 2.05) is 54.6 Å². The number of hydrogen-bond acceptors (Lipinski definition) is 4. The number of benzene rings is 2. The third kappa shape index (κ3) is 2.41. The third-order valence-electron chi connectivity index (χ3n) is 5.26. The number of amides is 2. The fraction of sp³-hybridized carbons (Fsp3) is 0.182. The molecule has 0 radical (unpaired) electrons. The number of para-hydroxylation sites is 1. The molecular formula is C22H18N2O3S. The van der Waals surface area contributed by atoms with Crippen LogP contribution in [0.25, 0.3) is 0 Å². The summed E-state index contributed by atoms with van der Waals surface area (Å²) in [4.78, 5) is 29.3. The van der Waals surface area contributed by atoms with Gasteiger partial charge in [0.2, 0.25) is 0 Å². The molecule has 5 rings (SSSR count). The monoisotopic (exact) mass is 390 g/mol. The first kappa shape index (κ1) is 17.1. The van der Waals surface area contributed by atoms with E-state index in [0.29, 0.717) is 18.8 Å². The van der Waals surface area contributed by atoms with Gasteiger partial charge in [-0.3, -0.25) is 9.59 Å². The van der Waals surface area contributed by atoms with E-state index in [4.69, 9.17) is 4.42 Å². The molecule has 1 atom stereocenters. The number of rotatable bonds is 3. The van der Waals surface area contributed by atoms with Gasteiger partial charge in [0, 0.05) is 17.9 Å². The Morgan fingerprint density at radius 3 is 2.61 bits per heavy atom. The molecule has 2 aromatic carbocycles. The average Bonchev–Trinajstić information content (AvgIpc) is 3.46. The van der Waals surface area contributed by atoms with Gasteiger partial charge < -0.3 is 14.2 Å². The molecule has 1 fully saturated rings. The molecule has 0 saturated carbocycles. The van der Waals surface area contributed by atoms with Crippen LogP contribution in [0.5, 0.6) is 0 Å². The van der Waals surface area contributed by atoms with Gasteiger partial charge in [-0.05, 0) is 23.8 Å². The van der Waals surface area contributed by atoms with Gasteiger partial charge in [-0.1, -0.05) is 48.5 Å². The molecule has 2 aliphatic rings. The molecule has 2 aliphatic heterocycles. The lowest BCUT2D eigenvalue weighted by Crippen LogP contribution is -2.50. The molecule has 1 saturated heterocycles. The van der Waals surface area contributed by atoms with Crippen molar-refractivity contribution >= 4 is 29.3 Å². The summed E-state index contributed by atoms with van der Waals surface area (Å²) in [6, 6.07) is 21.0. The lowest BCUT2D eigenvalue weighted by Gasteiger charge is -2.32. The molecule has 28 heavy (non-hydrogen) atoms. The Bertz CT molecular complexity index is 1030. The third-order valence-corrected chi connectivity index (χ3v) is 6.68. The van der Waals surface area contributed by atoms with Gasteiger partial charge in [0.25, 0.3) is 11.8 Å². The first-order chi connectivity index (χ1) is 13.7. The van der Waals surface area contributed by atoms with E-state index >= 15 is 0 Å². The zero-order valence-electron chi connectivity index (χ0n) is 15.1. The molecule has 2 amide bonds.